The fraction of sp³-hybridized carbons (Fsp3) is 0.950. The molecule has 0 aromatic carbocycles. The highest BCUT2D eigenvalue weighted by Gasteiger charge is 2.24. The number of likely N-dealkylation sites (tertiary alicyclic amines) is 1. The van der Waals surface area contributed by atoms with Gasteiger partial charge in [0.15, 0.2) is 5.96 Å². The van der Waals surface area contributed by atoms with Crippen LogP contribution in [0.3, 0.4) is 0 Å². The first-order chi connectivity index (χ1) is 12.7. The monoisotopic (exact) mass is 365 g/mol. The van der Waals surface area contributed by atoms with Gasteiger partial charge in [-0.1, -0.05) is 12.8 Å². The number of aliphatic imine (C=N–C) groups is 1. The SMILES string of the molecule is CN=C(NCCN(C)C1CCCC1)NC1CCN(CC2CCOC2)CC1. The normalized spacial score (nSPS) is 26.7. The van der Waals surface area contributed by atoms with Gasteiger partial charge >= 0.3 is 0 Å². The van der Waals surface area contributed by atoms with Crippen molar-refractivity contribution in [3.05, 3.63) is 0 Å². The molecule has 1 unspecified atom stereocenters. The number of nitrogens with zero attached hydrogens (tertiary/aromatic N) is 3. The molecular formula is C20H39N5O. The molecule has 0 aromatic rings. The maximum Gasteiger partial charge on any atom is 0.191 e. The van der Waals surface area contributed by atoms with E-state index in [0.29, 0.717) is 6.04 Å². The van der Waals surface area contributed by atoms with E-state index in [9.17, 15) is 0 Å². The van der Waals surface area contributed by atoms with Crippen molar-refractivity contribution in [2.24, 2.45) is 10.9 Å². The van der Waals surface area contributed by atoms with Crippen LogP contribution in [0.2, 0.25) is 0 Å². The van der Waals surface area contributed by atoms with Crippen LogP contribution in [0.4, 0.5) is 0 Å². The van der Waals surface area contributed by atoms with Crippen molar-refractivity contribution in [1.29, 1.82) is 0 Å². The molecular weight excluding hydrogens is 326 g/mol. The largest absolute Gasteiger partial charge is 0.381 e. The van der Waals surface area contributed by atoms with Gasteiger partial charge in [-0.05, 0) is 45.1 Å². The van der Waals surface area contributed by atoms with Crippen molar-refractivity contribution in [3.63, 3.8) is 0 Å². The summed E-state index contributed by atoms with van der Waals surface area (Å²) in [5.41, 5.74) is 0. The highest BCUT2D eigenvalue weighted by atomic mass is 16.5. The van der Waals surface area contributed by atoms with E-state index in [0.717, 1.165) is 44.2 Å². The quantitative estimate of drug-likeness (QED) is 0.529. The Labute approximate surface area is 159 Å². The van der Waals surface area contributed by atoms with Gasteiger partial charge in [-0.2, -0.15) is 0 Å². The Morgan fingerprint density at radius 1 is 1.15 bits per heavy atom. The maximum atomic E-state index is 5.51. The molecule has 1 saturated carbocycles. The number of piperidine rings is 1. The standard InChI is InChI=1S/C20H39N5O/c1-21-20(22-10-13-24(2)19-5-3-4-6-19)23-18-7-11-25(12-8-18)15-17-9-14-26-16-17/h17-19H,3-16H2,1-2H3,(H2,21,22,23). The highest BCUT2D eigenvalue weighted by Crippen LogP contribution is 2.22. The van der Waals surface area contributed by atoms with Crippen LogP contribution in [0.25, 0.3) is 0 Å². The molecule has 1 atom stereocenters. The van der Waals surface area contributed by atoms with Crippen LogP contribution in [0.15, 0.2) is 4.99 Å². The second-order valence-electron chi connectivity index (χ2n) is 8.37. The van der Waals surface area contributed by atoms with Crippen molar-refractivity contribution in [1.82, 2.24) is 20.4 Å². The number of nitrogens with one attached hydrogen (secondary N) is 2. The summed E-state index contributed by atoms with van der Waals surface area (Å²) in [6.45, 7) is 7.57. The zero-order valence-corrected chi connectivity index (χ0v) is 16.9. The molecule has 1 aliphatic carbocycles. The zero-order chi connectivity index (χ0) is 18.2. The van der Waals surface area contributed by atoms with Crippen LogP contribution in [-0.4, -0.2) is 87.9 Å². The molecule has 3 aliphatic rings. The average Bonchev–Trinajstić information content (AvgIpc) is 3.36. The molecule has 3 rings (SSSR count). The smallest absolute Gasteiger partial charge is 0.191 e. The Morgan fingerprint density at radius 3 is 2.58 bits per heavy atom. The van der Waals surface area contributed by atoms with Crippen LogP contribution in [-0.2, 0) is 4.74 Å². The number of likely N-dealkylation sites (N-methyl/N-ethyl adjacent to an activating group) is 1. The number of hydrogen-bond donors (Lipinski definition) is 2. The summed E-state index contributed by atoms with van der Waals surface area (Å²) < 4.78 is 5.51. The number of ether oxygens (including phenoxy) is 1. The highest BCUT2D eigenvalue weighted by molar-refractivity contribution is 5.79. The third kappa shape index (κ3) is 6.10. The van der Waals surface area contributed by atoms with Crippen molar-refractivity contribution in [3.8, 4) is 0 Å². The van der Waals surface area contributed by atoms with Crippen LogP contribution < -0.4 is 10.6 Å². The zero-order valence-electron chi connectivity index (χ0n) is 16.9. The van der Waals surface area contributed by atoms with Gasteiger partial charge < -0.3 is 25.2 Å². The van der Waals surface area contributed by atoms with Gasteiger partial charge in [0.25, 0.3) is 0 Å². The van der Waals surface area contributed by atoms with Crippen LogP contribution in [0, 0.1) is 5.92 Å². The van der Waals surface area contributed by atoms with Gasteiger partial charge in [0.2, 0.25) is 0 Å². The molecule has 3 fully saturated rings. The lowest BCUT2D eigenvalue weighted by Gasteiger charge is -2.34. The molecule has 0 radical (unpaired) electrons. The van der Waals surface area contributed by atoms with Gasteiger partial charge in [-0.25, -0.2) is 0 Å². The van der Waals surface area contributed by atoms with Crippen LogP contribution in [0.1, 0.15) is 44.9 Å². The van der Waals surface area contributed by atoms with E-state index in [2.05, 4.69) is 32.5 Å². The van der Waals surface area contributed by atoms with Gasteiger partial charge in [0.1, 0.15) is 0 Å². The summed E-state index contributed by atoms with van der Waals surface area (Å²) >= 11 is 0. The Morgan fingerprint density at radius 2 is 1.92 bits per heavy atom. The van der Waals surface area contributed by atoms with Crippen molar-refractivity contribution in [2.75, 3.05) is 60.0 Å². The van der Waals surface area contributed by atoms with Crippen molar-refractivity contribution in [2.45, 2.75) is 57.0 Å². The number of guanidine groups is 1. The minimum Gasteiger partial charge on any atom is -0.381 e. The average molecular weight is 366 g/mol. The summed E-state index contributed by atoms with van der Waals surface area (Å²) in [5, 5.41) is 7.14. The van der Waals surface area contributed by atoms with E-state index in [1.807, 2.05) is 7.05 Å². The van der Waals surface area contributed by atoms with E-state index in [4.69, 9.17) is 4.74 Å². The second-order valence-corrected chi connectivity index (χ2v) is 8.37. The van der Waals surface area contributed by atoms with Gasteiger partial charge in [-0.15, -0.1) is 0 Å². The predicted molar refractivity (Wildman–Crippen MR) is 108 cm³/mol. The molecule has 0 bridgehead atoms. The second kappa shape index (κ2) is 10.5. The minimum atomic E-state index is 0.546. The van der Waals surface area contributed by atoms with E-state index in [1.165, 1.54) is 64.6 Å². The summed E-state index contributed by atoms with van der Waals surface area (Å²) in [7, 11) is 4.14. The fourth-order valence-corrected chi connectivity index (χ4v) is 4.62. The first-order valence-electron chi connectivity index (χ1n) is 10.7. The van der Waals surface area contributed by atoms with Gasteiger partial charge in [-0.3, -0.25) is 4.99 Å². The van der Waals surface area contributed by atoms with E-state index < -0.39 is 0 Å². The first-order valence-corrected chi connectivity index (χ1v) is 10.7. The summed E-state index contributed by atoms with van der Waals surface area (Å²) in [6, 6.07) is 1.34. The van der Waals surface area contributed by atoms with E-state index in [-0.39, 0.29) is 0 Å². The topological polar surface area (TPSA) is 52.1 Å². The van der Waals surface area contributed by atoms with E-state index >= 15 is 0 Å². The Bertz CT molecular complexity index is 424. The van der Waals surface area contributed by atoms with Crippen molar-refractivity contribution < 1.29 is 4.74 Å². The lowest BCUT2D eigenvalue weighted by Crippen LogP contribution is -2.50. The molecule has 2 saturated heterocycles. The summed E-state index contributed by atoms with van der Waals surface area (Å²) in [5.74, 6) is 1.72. The van der Waals surface area contributed by atoms with E-state index in [1.54, 1.807) is 0 Å². The lowest BCUT2D eigenvalue weighted by atomic mass is 10.0. The number of hydrogen-bond acceptors (Lipinski definition) is 4. The molecule has 2 aliphatic heterocycles. The van der Waals surface area contributed by atoms with Gasteiger partial charge in [0, 0.05) is 58.5 Å². The molecule has 2 N–H and O–H groups in total. The Kier molecular flexibility index (Phi) is 8.02. The van der Waals surface area contributed by atoms with Gasteiger partial charge in [0.05, 0.1) is 6.61 Å². The summed E-state index contributed by atoms with van der Waals surface area (Å²) in [4.78, 5) is 9.55. The van der Waals surface area contributed by atoms with Crippen LogP contribution >= 0.6 is 0 Å². The Hall–Kier alpha value is -0.850. The predicted octanol–water partition coefficient (Wildman–Crippen LogP) is 1.53. The number of rotatable bonds is 7. The molecule has 0 spiro atoms. The molecule has 2 heterocycles. The summed E-state index contributed by atoms with van der Waals surface area (Å²) in [6.07, 6.45) is 9.19. The maximum absolute atomic E-state index is 5.51. The minimum absolute atomic E-state index is 0.546. The fourth-order valence-electron chi connectivity index (χ4n) is 4.62. The lowest BCUT2D eigenvalue weighted by molar-refractivity contribution is 0.150. The van der Waals surface area contributed by atoms with Crippen molar-refractivity contribution >= 4 is 5.96 Å². The van der Waals surface area contributed by atoms with Crippen LogP contribution in [0.5, 0.6) is 0 Å². The third-order valence-electron chi connectivity index (χ3n) is 6.40. The molecule has 26 heavy (non-hydrogen) atoms. The molecule has 0 amide bonds. The molecule has 0 aromatic heterocycles. The molecule has 6 nitrogen and oxygen atoms in total. The molecule has 150 valence electrons. The Balaban J connectivity index is 1.29. The first kappa shape index (κ1) is 19.9. The third-order valence-corrected chi connectivity index (χ3v) is 6.40. The molecule has 6 heteroatoms.